The maximum Gasteiger partial charge on any atom is 0.469 e. The van der Waals surface area contributed by atoms with E-state index in [1.165, 1.54) is 19.3 Å². The third kappa shape index (κ3) is 23.7. The summed E-state index contributed by atoms with van der Waals surface area (Å²) in [6.45, 7) is 2.22. The van der Waals surface area contributed by atoms with Crippen molar-refractivity contribution in [3.05, 3.63) is 48.6 Å². The molecule has 0 unspecified atom stereocenters. The summed E-state index contributed by atoms with van der Waals surface area (Å²) in [6.07, 6.45) is 17.6. The Hall–Kier alpha value is -2.07. The number of phosphoric ester groups is 1. The predicted octanol–water partition coefficient (Wildman–Crippen LogP) is 3.66. The molecule has 0 aliphatic rings. The maximum absolute atomic E-state index is 11.8. The van der Waals surface area contributed by atoms with Gasteiger partial charge in [-0.3, -0.25) is 14.1 Å². The van der Waals surface area contributed by atoms with Crippen LogP contribution in [0.4, 0.5) is 0 Å². The lowest BCUT2D eigenvalue weighted by Gasteiger charge is -2.17. The van der Waals surface area contributed by atoms with Gasteiger partial charge in [0, 0.05) is 13.3 Å². The predicted molar refractivity (Wildman–Crippen MR) is 136 cm³/mol. The van der Waals surface area contributed by atoms with Crippen LogP contribution in [0.3, 0.4) is 0 Å². The van der Waals surface area contributed by atoms with Crippen molar-refractivity contribution in [2.45, 2.75) is 83.5 Å². The van der Waals surface area contributed by atoms with E-state index in [1.807, 2.05) is 6.08 Å². The Morgan fingerprint density at radius 1 is 0.917 bits per heavy atom. The molecule has 0 rings (SSSR count). The Morgan fingerprint density at radius 2 is 1.58 bits per heavy atom. The van der Waals surface area contributed by atoms with Crippen LogP contribution < -0.4 is 0 Å². The van der Waals surface area contributed by atoms with Gasteiger partial charge in [0.25, 0.3) is 0 Å². The molecule has 0 aliphatic heterocycles. The highest BCUT2D eigenvalue weighted by Gasteiger charge is 2.21. The monoisotopic (exact) mass is 532 g/mol. The summed E-state index contributed by atoms with van der Waals surface area (Å²) in [5.41, 5.74) is 0. The van der Waals surface area contributed by atoms with Gasteiger partial charge < -0.3 is 29.5 Å². The van der Waals surface area contributed by atoms with E-state index in [0.29, 0.717) is 19.3 Å². The first-order valence-electron chi connectivity index (χ1n) is 12.1. The summed E-state index contributed by atoms with van der Waals surface area (Å²) < 4.78 is 24.8. The van der Waals surface area contributed by atoms with Crippen LogP contribution in [0.2, 0.25) is 0 Å². The maximum atomic E-state index is 11.8. The largest absolute Gasteiger partial charge is 0.469 e. The Bertz CT molecular complexity index is 769. The van der Waals surface area contributed by atoms with Crippen LogP contribution in [0.1, 0.15) is 65.2 Å². The van der Waals surface area contributed by atoms with Gasteiger partial charge in [-0.2, -0.15) is 0 Å². The van der Waals surface area contributed by atoms with Crippen molar-refractivity contribution in [3.8, 4) is 0 Å². The van der Waals surface area contributed by atoms with Gasteiger partial charge in [0.2, 0.25) is 0 Å². The van der Waals surface area contributed by atoms with Crippen molar-refractivity contribution in [3.63, 3.8) is 0 Å². The second kappa shape index (κ2) is 21.1. The summed E-state index contributed by atoms with van der Waals surface area (Å²) in [5.74, 6) is -1.33. The first kappa shape index (κ1) is 33.9. The number of carbonyl (C=O) groups excluding carboxylic acids is 2. The van der Waals surface area contributed by atoms with Gasteiger partial charge in [0.15, 0.2) is 6.10 Å². The van der Waals surface area contributed by atoms with Crippen molar-refractivity contribution in [1.29, 1.82) is 0 Å². The van der Waals surface area contributed by atoms with Gasteiger partial charge in [-0.15, -0.1) is 0 Å². The third-order valence-electron chi connectivity index (χ3n) is 4.59. The van der Waals surface area contributed by atoms with E-state index >= 15 is 0 Å². The second-order valence-corrected chi connectivity index (χ2v) is 9.32. The van der Waals surface area contributed by atoms with Gasteiger partial charge in [-0.1, -0.05) is 68.4 Å². The summed E-state index contributed by atoms with van der Waals surface area (Å²) >= 11 is 0. The van der Waals surface area contributed by atoms with E-state index in [-0.39, 0.29) is 6.42 Å². The number of hydrogen-bond donors (Lipinski definition) is 4. The molecule has 0 amide bonds. The first-order valence-corrected chi connectivity index (χ1v) is 13.6. The molecule has 4 N–H and O–H groups in total. The smallest absolute Gasteiger partial charge is 0.462 e. The number of aliphatic hydroxyl groups excluding tert-OH is 2. The van der Waals surface area contributed by atoms with Crippen molar-refractivity contribution in [2.24, 2.45) is 0 Å². The minimum absolute atomic E-state index is 0.000553. The number of esters is 2. The van der Waals surface area contributed by atoms with Crippen molar-refractivity contribution in [2.75, 3.05) is 13.2 Å². The van der Waals surface area contributed by atoms with Crippen molar-refractivity contribution >= 4 is 19.8 Å². The summed E-state index contributed by atoms with van der Waals surface area (Å²) in [5, 5.41) is 19.8. The molecule has 0 bridgehead atoms. The number of unbranched alkanes of at least 4 members (excludes halogenated alkanes) is 3. The van der Waals surface area contributed by atoms with Crippen LogP contribution in [-0.4, -0.2) is 63.5 Å². The van der Waals surface area contributed by atoms with Crippen LogP contribution in [0, 0.1) is 0 Å². The zero-order valence-corrected chi connectivity index (χ0v) is 22.0. The number of rotatable bonds is 20. The zero-order chi connectivity index (χ0) is 27.2. The molecule has 0 heterocycles. The number of ether oxygens (including phenoxy) is 2. The van der Waals surface area contributed by atoms with Crippen LogP contribution in [0.5, 0.6) is 0 Å². The van der Waals surface area contributed by atoms with Gasteiger partial charge in [-0.05, 0) is 32.1 Å². The number of allylic oxidation sites excluding steroid dienone is 5. The highest BCUT2D eigenvalue weighted by Crippen LogP contribution is 2.35. The van der Waals surface area contributed by atoms with E-state index in [0.717, 1.165) is 13.3 Å². The molecule has 0 aromatic rings. The molecule has 36 heavy (non-hydrogen) atoms. The molecule has 10 nitrogen and oxygen atoms in total. The average molecular weight is 533 g/mol. The van der Waals surface area contributed by atoms with Crippen LogP contribution >= 0.6 is 7.82 Å². The summed E-state index contributed by atoms with van der Waals surface area (Å²) in [4.78, 5) is 40.3. The second-order valence-electron chi connectivity index (χ2n) is 8.09. The average Bonchev–Trinajstić information content (AvgIpc) is 2.79. The van der Waals surface area contributed by atoms with Gasteiger partial charge >= 0.3 is 19.8 Å². The van der Waals surface area contributed by atoms with E-state index in [1.54, 1.807) is 36.5 Å². The molecule has 0 spiro atoms. The van der Waals surface area contributed by atoms with E-state index < -0.39 is 51.3 Å². The Kier molecular flexibility index (Phi) is 19.8. The van der Waals surface area contributed by atoms with Crippen molar-refractivity contribution in [1.82, 2.24) is 0 Å². The van der Waals surface area contributed by atoms with Crippen molar-refractivity contribution < 1.29 is 48.2 Å². The summed E-state index contributed by atoms with van der Waals surface area (Å²) in [6, 6.07) is 0. The third-order valence-corrected chi connectivity index (χ3v) is 5.08. The normalized spacial score (nSPS) is 15.2. The number of phosphoric acid groups is 1. The molecule has 3 atom stereocenters. The van der Waals surface area contributed by atoms with E-state index in [4.69, 9.17) is 19.3 Å². The van der Waals surface area contributed by atoms with E-state index in [2.05, 4.69) is 17.5 Å². The lowest BCUT2D eigenvalue weighted by Crippen LogP contribution is -2.28. The fourth-order valence-corrected chi connectivity index (χ4v) is 3.16. The molecular formula is C25H41O10P. The standard InChI is InChI=1S/C25H41O10P/c1-3-4-5-6-7-10-14-22(27)15-11-8-9-12-16-23(28)17-13-18-25(29)33-19-24(35-21(2)26)20-34-36(30,31)32/h7-12,15-16,22-24,27-28H,3-6,13-14,17-20H2,1-2H3,(H2,30,31,32)/b9-8+,10-7-,15-11+,16-12-/t22-,23-,24-/m1/s1. The van der Waals surface area contributed by atoms with E-state index in [9.17, 15) is 24.4 Å². The Labute approximate surface area is 213 Å². The van der Waals surface area contributed by atoms with Gasteiger partial charge in [0.05, 0.1) is 18.8 Å². The highest BCUT2D eigenvalue weighted by atomic mass is 31.2. The lowest BCUT2D eigenvalue weighted by atomic mass is 10.1. The molecule has 0 aliphatic carbocycles. The molecule has 206 valence electrons. The molecule has 11 heteroatoms. The minimum atomic E-state index is -4.76. The Morgan fingerprint density at radius 3 is 2.19 bits per heavy atom. The van der Waals surface area contributed by atoms with Crippen LogP contribution in [0.25, 0.3) is 0 Å². The molecule has 0 aromatic carbocycles. The van der Waals surface area contributed by atoms with Crippen LogP contribution in [-0.2, 0) is 28.2 Å². The SMILES string of the molecule is CCCCC/C=C\C[C@@H](O)/C=C/C=C/C=C\[C@@H](O)CCCC(=O)OC[C@H](COP(=O)(O)O)OC(C)=O. The molecule has 0 fully saturated rings. The number of hydrogen-bond acceptors (Lipinski definition) is 8. The quantitative estimate of drug-likeness (QED) is 0.0599. The molecule has 0 radical (unpaired) electrons. The van der Waals surface area contributed by atoms with Gasteiger partial charge in [-0.25, -0.2) is 4.57 Å². The fourth-order valence-electron chi connectivity index (χ4n) is 2.80. The van der Waals surface area contributed by atoms with Crippen LogP contribution in [0.15, 0.2) is 48.6 Å². The van der Waals surface area contributed by atoms with Gasteiger partial charge in [0.1, 0.15) is 6.61 Å². The fraction of sp³-hybridized carbons (Fsp3) is 0.600. The number of carbonyl (C=O) groups is 2. The number of aliphatic hydroxyl groups is 2. The lowest BCUT2D eigenvalue weighted by molar-refractivity contribution is -0.159. The first-order chi connectivity index (χ1) is 17.0. The Balaban J connectivity index is 4.13. The molecule has 0 aromatic heterocycles. The molecular weight excluding hydrogens is 491 g/mol. The summed E-state index contributed by atoms with van der Waals surface area (Å²) in [7, 11) is -4.76. The molecule has 0 saturated carbocycles. The topological polar surface area (TPSA) is 160 Å². The minimum Gasteiger partial charge on any atom is -0.462 e. The highest BCUT2D eigenvalue weighted by molar-refractivity contribution is 7.46. The zero-order valence-electron chi connectivity index (χ0n) is 21.1. The molecule has 0 saturated heterocycles.